The van der Waals surface area contributed by atoms with Crippen LogP contribution in [0, 0.1) is 0 Å². The topological polar surface area (TPSA) is 56.0 Å². The molecule has 0 bridgehead atoms. The molecule has 0 amide bonds. The van der Waals surface area contributed by atoms with Gasteiger partial charge in [-0.25, -0.2) is 4.79 Å². The van der Waals surface area contributed by atoms with Crippen LogP contribution in [0.25, 0.3) is 0 Å². The molecule has 2 aromatic heterocycles. The summed E-state index contributed by atoms with van der Waals surface area (Å²) in [4.78, 5) is 23.5. The molecule has 2 heterocycles. The van der Waals surface area contributed by atoms with Crippen LogP contribution in [0.1, 0.15) is 24.1 Å². The van der Waals surface area contributed by atoms with Gasteiger partial charge in [0.05, 0.1) is 0 Å². The molecular weight excluding hydrogens is 262 g/mol. The molecule has 5 nitrogen and oxygen atoms in total. The highest BCUT2D eigenvalue weighted by atomic mass is 32.1. The van der Waals surface area contributed by atoms with Crippen LogP contribution < -0.4 is 16.6 Å². The summed E-state index contributed by atoms with van der Waals surface area (Å²) in [6.45, 7) is 2.49. The van der Waals surface area contributed by atoms with Crippen molar-refractivity contribution in [2.45, 2.75) is 19.5 Å². The Morgan fingerprint density at radius 2 is 2.11 bits per heavy atom. The molecule has 1 N–H and O–H groups in total. The van der Waals surface area contributed by atoms with Gasteiger partial charge >= 0.3 is 5.69 Å². The fourth-order valence-electron chi connectivity index (χ4n) is 1.91. The van der Waals surface area contributed by atoms with Gasteiger partial charge in [0.25, 0.3) is 5.56 Å². The summed E-state index contributed by atoms with van der Waals surface area (Å²) in [5.41, 5.74) is 1.24. The van der Waals surface area contributed by atoms with Gasteiger partial charge in [-0.1, -0.05) is 0 Å². The maximum atomic E-state index is 12.0. The highest BCUT2D eigenvalue weighted by molar-refractivity contribution is 7.07. The number of rotatable bonds is 4. The van der Waals surface area contributed by atoms with E-state index in [0.717, 1.165) is 4.57 Å². The lowest BCUT2D eigenvalue weighted by molar-refractivity contribution is 0.560. The molecule has 19 heavy (non-hydrogen) atoms. The number of hydrogen-bond donors (Lipinski definition) is 1. The zero-order chi connectivity index (χ0) is 14.0. The van der Waals surface area contributed by atoms with Crippen molar-refractivity contribution in [2.75, 3.05) is 0 Å². The largest absolute Gasteiger partial charge is 0.330 e. The Bertz CT molecular complexity index is 670. The molecule has 0 spiro atoms. The van der Waals surface area contributed by atoms with E-state index >= 15 is 0 Å². The predicted molar refractivity (Wildman–Crippen MR) is 76.5 cm³/mol. The molecule has 1 unspecified atom stereocenters. The quantitative estimate of drug-likeness (QED) is 0.908. The first-order valence-electron chi connectivity index (χ1n) is 6.01. The van der Waals surface area contributed by atoms with Crippen LogP contribution in [0.5, 0.6) is 0 Å². The van der Waals surface area contributed by atoms with Gasteiger partial charge < -0.3 is 9.88 Å². The Labute approximate surface area is 115 Å². The highest BCUT2D eigenvalue weighted by Crippen LogP contribution is 2.15. The van der Waals surface area contributed by atoms with Gasteiger partial charge in [-0.05, 0) is 29.3 Å². The minimum absolute atomic E-state index is 0.174. The lowest BCUT2D eigenvalue weighted by Crippen LogP contribution is -2.39. The van der Waals surface area contributed by atoms with E-state index in [1.54, 1.807) is 24.6 Å². The first-order valence-corrected chi connectivity index (χ1v) is 6.96. The molecule has 0 aliphatic heterocycles. The van der Waals surface area contributed by atoms with Crippen LogP contribution in [0.3, 0.4) is 0 Å². The first kappa shape index (κ1) is 13.8. The Balaban J connectivity index is 2.17. The minimum Gasteiger partial charge on any atom is -0.306 e. The number of thiophene rings is 1. The van der Waals surface area contributed by atoms with Crippen molar-refractivity contribution in [3.8, 4) is 0 Å². The van der Waals surface area contributed by atoms with Crippen LogP contribution in [-0.4, -0.2) is 9.13 Å². The van der Waals surface area contributed by atoms with Crippen molar-refractivity contribution in [1.29, 1.82) is 0 Å². The molecule has 0 saturated heterocycles. The average molecular weight is 279 g/mol. The smallest absolute Gasteiger partial charge is 0.306 e. The van der Waals surface area contributed by atoms with Gasteiger partial charge in [-0.2, -0.15) is 11.3 Å². The number of nitrogens with zero attached hydrogens (tertiary/aromatic N) is 2. The number of hydrogen-bond acceptors (Lipinski definition) is 4. The minimum atomic E-state index is -0.306. The summed E-state index contributed by atoms with van der Waals surface area (Å²) in [6, 6.07) is 2.23. The Morgan fingerprint density at radius 3 is 2.74 bits per heavy atom. The van der Waals surface area contributed by atoms with Crippen molar-refractivity contribution in [3.63, 3.8) is 0 Å². The van der Waals surface area contributed by atoms with E-state index in [2.05, 4.69) is 23.7 Å². The molecule has 1 atom stereocenters. The monoisotopic (exact) mass is 279 g/mol. The summed E-state index contributed by atoms with van der Waals surface area (Å²) in [5, 5.41) is 7.40. The van der Waals surface area contributed by atoms with Crippen LogP contribution in [0.15, 0.2) is 32.6 Å². The van der Waals surface area contributed by atoms with Crippen molar-refractivity contribution in [3.05, 3.63) is 55.0 Å². The summed E-state index contributed by atoms with van der Waals surface area (Å²) in [6.07, 6.45) is 1.60. The Morgan fingerprint density at radius 1 is 1.37 bits per heavy atom. The SMILES string of the molecule is CC(NCc1cn(C)c(=O)n(C)c1=O)c1ccsc1. The molecule has 0 radical (unpaired) electrons. The number of aromatic nitrogens is 2. The van der Waals surface area contributed by atoms with Crippen LogP contribution in [0.2, 0.25) is 0 Å². The number of aryl methyl sites for hydroxylation is 1. The zero-order valence-corrected chi connectivity index (χ0v) is 12.0. The molecule has 102 valence electrons. The van der Waals surface area contributed by atoms with E-state index in [1.807, 2.05) is 5.38 Å². The van der Waals surface area contributed by atoms with Gasteiger partial charge in [0.2, 0.25) is 0 Å². The predicted octanol–water partition coefficient (Wildman–Crippen LogP) is 0.996. The van der Waals surface area contributed by atoms with E-state index in [-0.39, 0.29) is 17.3 Å². The van der Waals surface area contributed by atoms with E-state index in [9.17, 15) is 9.59 Å². The summed E-state index contributed by atoms with van der Waals surface area (Å²) >= 11 is 1.65. The Hall–Kier alpha value is -1.66. The van der Waals surface area contributed by atoms with Crippen LogP contribution >= 0.6 is 11.3 Å². The molecule has 0 saturated carbocycles. The zero-order valence-electron chi connectivity index (χ0n) is 11.2. The molecule has 6 heteroatoms. The van der Waals surface area contributed by atoms with E-state index in [1.165, 1.54) is 17.2 Å². The van der Waals surface area contributed by atoms with E-state index in [0.29, 0.717) is 12.1 Å². The normalized spacial score (nSPS) is 12.6. The molecule has 2 aromatic rings. The molecule has 0 aliphatic carbocycles. The van der Waals surface area contributed by atoms with Gasteiger partial charge in [-0.3, -0.25) is 9.36 Å². The second kappa shape index (κ2) is 5.54. The summed E-state index contributed by atoms with van der Waals surface area (Å²) in [7, 11) is 3.14. The molecule has 2 rings (SSSR count). The van der Waals surface area contributed by atoms with Crippen molar-refractivity contribution in [1.82, 2.24) is 14.5 Å². The molecule has 0 fully saturated rings. The van der Waals surface area contributed by atoms with Crippen molar-refractivity contribution < 1.29 is 0 Å². The van der Waals surface area contributed by atoms with Gasteiger partial charge in [0, 0.05) is 38.4 Å². The van der Waals surface area contributed by atoms with Crippen LogP contribution in [-0.2, 0) is 20.6 Å². The first-order chi connectivity index (χ1) is 9.00. The third kappa shape index (κ3) is 2.85. The second-order valence-corrected chi connectivity index (χ2v) is 5.35. The third-order valence-corrected chi connectivity index (χ3v) is 3.86. The van der Waals surface area contributed by atoms with Gasteiger partial charge in [-0.15, -0.1) is 0 Å². The standard InChI is InChI=1S/C13H17N3O2S/c1-9(10-4-5-19-8-10)14-6-11-7-15(2)13(18)16(3)12(11)17/h4-5,7-9,14H,6H2,1-3H3. The highest BCUT2D eigenvalue weighted by Gasteiger charge is 2.09. The van der Waals surface area contributed by atoms with Crippen molar-refractivity contribution >= 4 is 11.3 Å². The average Bonchev–Trinajstić information content (AvgIpc) is 2.92. The molecule has 0 aliphatic rings. The van der Waals surface area contributed by atoms with Gasteiger partial charge in [0.15, 0.2) is 0 Å². The third-order valence-electron chi connectivity index (χ3n) is 3.16. The Kier molecular flexibility index (Phi) is 4.01. The summed E-state index contributed by atoms with van der Waals surface area (Å²) < 4.78 is 2.56. The maximum absolute atomic E-state index is 12.0. The van der Waals surface area contributed by atoms with Crippen molar-refractivity contribution in [2.24, 2.45) is 14.1 Å². The molecule has 0 aromatic carbocycles. The fraction of sp³-hybridized carbons (Fsp3) is 0.385. The maximum Gasteiger partial charge on any atom is 0.330 e. The van der Waals surface area contributed by atoms with E-state index in [4.69, 9.17) is 0 Å². The van der Waals surface area contributed by atoms with Gasteiger partial charge in [0.1, 0.15) is 0 Å². The lowest BCUT2D eigenvalue weighted by Gasteiger charge is -2.13. The van der Waals surface area contributed by atoms with Crippen LogP contribution in [0.4, 0.5) is 0 Å². The van der Waals surface area contributed by atoms with E-state index < -0.39 is 0 Å². The summed E-state index contributed by atoms with van der Waals surface area (Å²) in [5.74, 6) is 0. The lowest BCUT2D eigenvalue weighted by atomic mass is 10.2. The second-order valence-electron chi connectivity index (χ2n) is 4.57. The fourth-order valence-corrected chi connectivity index (χ4v) is 2.66. The molecular formula is C13H17N3O2S. The number of nitrogens with one attached hydrogen (secondary N) is 1.